The number of hydrogen-bond donors (Lipinski definition) is 0. The van der Waals surface area contributed by atoms with Crippen LogP contribution in [0, 0.1) is 0 Å². The van der Waals surface area contributed by atoms with Crippen LogP contribution in [0.3, 0.4) is 0 Å². The van der Waals surface area contributed by atoms with Gasteiger partial charge in [0.25, 0.3) is 5.91 Å². The molecule has 3 amide bonds. The number of fused-ring (bicyclic) bond motifs is 1. The van der Waals surface area contributed by atoms with Gasteiger partial charge in [-0.05, 0) is 6.08 Å². The predicted octanol–water partition coefficient (Wildman–Crippen LogP) is -0.181. The highest BCUT2D eigenvalue weighted by Crippen LogP contribution is 2.31. The highest BCUT2D eigenvalue weighted by molar-refractivity contribution is 6.11. The molecular formula is C7H8N2O2. The maximum Gasteiger partial charge on any atom is 0.327 e. The van der Waals surface area contributed by atoms with Crippen LogP contribution in [-0.4, -0.2) is 41.9 Å². The maximum atomic E-state index is 11.2. The van der Waals surface area contributed by atoms with Crippen molar-refractivity contribution >= 4 is 11.9 Å². The van der Waals surface area contributed by atoms with Gasteiger partial charge >= 0.3 is 6.03 Å². The molecule has 0 aromatic rings. The van der Waals surface area contributed by atoms with Crippen LogP contribution in [0.1, 0.15) is 0 Å². The molecule has 1 saturated heterocycles. The molecule has 4 nitrogen and oxygen atoms in total. The molecule has 11 heavy (non-hydrogen) atoms. The molecule has 1 aliphatic heterocycles. The van der Waals surface area contributed by atoms with Gasteiger partial charge < -0.3 is 4.90 Å². The van der Waals surface area contributed by atoms with Crippen molar-refractivity contribution < 1.29 is 9.59 Å². The molecule has 4 heteroatoms. The van der Waals surface area contributed by atoms with Crippen LogP contribution in [0.15, 0.2) is 11.6 Å². The van der Waals surface area contributed by atoms with Gasteiger partial charge in [-0.15, -0.1) is 0 Å². The molecule has 0 spiro atoms. The van der Waals surface area contributed by atoms with Crippen molar-refractivity contribution in [1.29, 1.82) is 0 Å². The van der Waals surface area contributed by atoms with Crippen molar-refractivity contribution in [3.8, 4) is 0 Å². The summed E-state index contributed by atoms with van der Waals surface area (Å²) in [4.78, 5) is 25.0. The fraction of sp³-hybridized carbons (Fsp3) is 0.429. The van der Waals surface area contributed by atoms with Crippen molar-refractivity contribution in [3.63, 3.8) is 0 Å². The Balaban J connectivity index is 2.31. The van der Waals surface area contributed by atoms with Gasteiger partial charge in [0.1, 0.15) is 0 Å². The maximum absolute atomic E-state index is 11.2. The second-order valence-electron chi connectivity index (χ2n) is 2.82. The van der Waals surface area contributed by atoms with Crippen molar-refractivity contribution in [1.82, 2.24) is 9.80 Å². The van der Waals surface area contributed by atoms with E-state index < -0.39 is 0 Å². The van der Waals surface area contributed by atoms with Crippen LogP contribution in [0.2, 0.25) is 0 Å². The first-order valence-electron chi connectivity index (χ1n) is 3.39. The van der Waals surface area contributed by atoms with Crippen LogP contribution >= 0.6 is 0 Å². The minimum atomic E-state index is -0.225. The molecule has 2 aliphatic rings. The first-order chi connectivity index (χ1) is 5.13. The largest absolute Gasteiger partial charge is 0.327 e. The number of urea groups is 1. The topological polar surface area (TPSA) is 40.6 Å². The van der Waals surface area contributed by atoms with Crippen molar-refractivity contribution in [2.45, 2.75) is 6.04 Å². The van der Waals surface area contributed by atoms with Gasteiger partial charge in [0.05, 0.1) is 6.04 Å². The van der Waals surface area contributed by atoms with Gasteiger partial charge in [0.15, 0.2) is 0 Å². The average molecular weight is 152 g/mol. The normalized spacial score (nSPS) is 28.5. The summed E-state index contributed by atoms with van der Waals surface area (Å²) >= 11 is 0. The predicted molar refractivity (Wildman–Crippen MR) is 37.8 cm³/mol. The van der Waals surface area contributed by atoms with Gasteiger partial charge in [0, 0.05) is 19.7 Å². The lowest BCUT2D eigenvalue weighted by Crippen LogP contribution is -2.49. The minimum Gasteiger partial charge on any atom is -0.317 e. The molecule has 0 aromatic heterocycles. The number of rotatable bonds is 0. The Morgan fingerprint density at radius 1 is 1.36 bits per heavy atom. The second kappa shape index (κ2) is 1.64. The Morgan fingerprint density at radius 2 is 2.00 bits per heavy atom. The highest BCUT2D eigenvalue weighted by Gasteiger charge is 2.45. The Labute approximate surface area is 64.1 Å². The van der Waals surface area contributed by atoms with Crippen LogP contribution in [0.5, 0.6) is 0 Å². The van der Waals surface area contributed by atoms with Gasteiger partial charge in [-0.1, -0.05) is 0 Å². The summed E-state index contributed by atoms with van der Waals surface area (Å²) in [5, 5.41) is 0. The smallest absolute Gasteiger partial charge is 0.317 e. The first-order valence-corrected chi connectivity index (χ1v) is 3.39. The lowest BCUT2D eigenvalue weighted by molar-refractivity contribution is -0.124. The van der Waals surface area contributed by atoms with Gasteiger partial charge in [-0.25, -0.2) is 4.79 Å². The van der Waals surface area contributed by atoms with E-state index in [0.29, 0.717) is 0 Å². The molecule has 1 unspecified atom stereocenters. The molecule has 1 atom stereocenters. The number of hydrogen-bond acceptors (Lipinski definition) is 2. The molecule has 1 fully saturated rings. The Bertz CT molecular complexity index is 282. The van der Waals surface area contributed by atoms with E-state index in [1.807, 2.05) is 0 Å². The van der Waals surface area contributed by atoms with Crippen molar-refractivity contribution in [2.75, 3.05) is 14.1 Å². The molecular weight excluding hydrogens is 144 g/mol. The molecule has 0 radical (unpaired) electrons. The zero-order valence-electron chi connectivity index (χ0n) is 6.37. The third-order valence-corrected chi connectivity index (χ3v) is 2.10. The van der Waals surface area contributed by atoms with Crippen LogP contribution in [0.4, 0.5) is 4.79 Å². The number of carbonyl (C=O) groups excluding carboxylic acids is 2. The van der Waals surface area contributed by atoms with Crippen molar-refractivity contribution in [2.24, 2.45) is 0 Å². The average Bonchev–Trinajstić information content (AvgIpc) is 2.76. The van der Waals surface area contributed by atoms with E-state index in [0.717, 1.165) is 10.5 Å². The van der Waals surface area contributed by atoms with Gasteiger partial charge in [0.2, 0.25) is 0 Å². The summed E-state index contributed by atoms with van der Waals surface area (Å²) in [5.74, 6) is -0.155. The van der Waals surface area contributed by atoms with Crippen molar-refractivity contribution in [3.05, 3.63) is 11.6 Å². The second-order valence-corrected chi connectivity index (χ2v) is 2.82. The van der Waals surface area contributed by atoms with Crippen LogP contribution < -0.4 is 0 Å². The molecule has 1 aliphatic carbocycles. The molecule has 0 N–H and O–H groups in total. The van der Waals surface area contributed by atoms with E-state index in [2.05, 4.69) is 0 Å². The van der Waals surface area contributed by atoms with E-state index in [1.54, 1.807) is 18.0 Å². The summed E-state index contributed by atoms with van der Waals surface area (Å²) in [6.07, 6.45) is 1.80. The summed E-state index contributed by atoms with van der Waals surface area (Å²) in [6, 6.07) is -0.233. The van der Waals surface area contributed by atoms with E-state index in [9.17, 15) is 9.59 Å². The van der Waals surface area contributed by atoms with E-state index in [1.165, 1.54) is 7.05 Å². The van der Waals surface area contributed by atoms with Crippen LogP contribution in [-0.2, 0) is 4.79 Å². The summed E-state index contributed by atoms with van der Waals surface area (Å²) < 4.78 is 0. The first kappa shape index (κ1) is 6.39. The zero-order chi connectivity index (χ0) is 8.17. The molecule has 1 heterocycles. The Hall–Kier alpha value is -1.32. The standard InChI is InChI=1S/C7H8N2O2/c1-8-5-3-4(5)6(10)9(2)7(8)11/h3,5H,1-2H3. The SMILES string of the molecule is CN1C(=O)C2=CC2N(C)C1=O. The Kier molecular flexibility index (Phi) is 0.952. The number of likely N-dealkylation sites (N-methyl/N-ethyl adjacent to an activating group) is 2. The van der Waals surface area contributed by atoms with Crippen LogP contribution in [0.25, 0.3) is 0 Å². The quantitative estimate of drug-likeness (QED) is 0.483. The number of nitrogens with zero attached hydrogens (tertiary/aromatic N) is 2. The number of carbonyl (C=O) groups is 2. The molecule has 0 aromatic carbocycles. The van der Waals surface area contributed by atoms with E-state index in [4.69, 9.17) is 0 Å². The Morgan fingerprint density at radius 3 is 2.64 bits per heavy atom. The molecule has 0 bridgehead atoms. The summed E-state index contributed by atoms with van der Waals surface area (Å²) in [7, 11) is 3.19. The van der Waals surface area contributed by atoms with Gasteiger partial charge in [-0.2, -0.15) is 0 Å². The number of amides is 3. The minimum absolute atomic E-state index is 0.00815. The van der Waals surface area contributed by atoms with Gasteiger partial charge in [-0.3, -0.25) is 9.69 Å². The molecule has 58 valence electrons. The fourth-order valence-electron chi connectivity index (χ4n) is 1.28. The fourth-order valence-corrected chi connectivity index (χ4v) is 1.28. The summed E-state index contributed by atoms with van der Waals surface area (Å²) in [6.45, 7) is 0. The molecule has 2 rings (SSSR count). The zero-order valence-corrected chi connectivity index (χ0v) is 6.37. The molecule has 0 saturated carbocycles. The lowest BCUT2D eigenvalue weighted by Gasteiger charge is -2.28. The third kappa shape index (κ3) is 0.636. The monoisotopic (exact) mass is 152 g/mol. The number of imide groups is 1. The van der Waals surface area contributed by atoms with E-state index >= 15 is 0 Å². The summed E-state index contributed by atoms with van der Waals surface area (Å²) in [5.41, 5.74) is 0.745. The lowest BCUT2D eigenvalue weighted by atomic mass is 10.3. The van der Waals surface area contributed by atoms with E-state index in [-0.39, 0.29) is 18.0 Å². The highest BCUT2D eigenvalue weighted by atomic mass is 16.2. The third-order valence-electron chi connectivity index (χ3n) is 2.10.